The molecule has 0 aliphatic carbocycles. The molecule has 0 radical (unpaired) electrons. The Balaban J connectivity index is 1.29. The van der Waals surface area contributed by atoms with Crippen molar-refractivity contribution in [3.05, 3.63) is 58.5 Å². The molecule has 2 aliphatic heterocycles. The van der Waals surface area contributed by atoms with E-state index in [4.69, 9.17) is 15.5 Å². The molecule has 2 aromatic carbocycles. The summed E-state index contributed by atoms with van der Waals surface area (Å²) in [5.41, 5.74) is 11.0. The first-order valence-electron chi connectivity index (χ1n) is 12.7. The first-order valence-corrected chi connectivity index (χ1v) is 13.6. The number of piperidine rings is 1. The van der Waals surface area contributed by atoms with E-state index in [1.54, 1.807) is 17.4 Å². The predicted molar refractivity (Wildman–Crippen MR) is 145 cm³/mol. The fourth-order valence-corrected chi connectivity index (χ4v) is 5.89. The number of benzene rings is 2. The van der Waals surface area contributed by atoms with Crippen LogP contribution in [0.4, 0.5) is 10.8 Å². The fraction of sp³-hybridized carbons (Fsp3) is 0.393. The number of hydrogen-bond acceptors (Lipinski definition) is 7. The van der Waals surface area contributed by atoms with Crippen molar-refractivity contribution in [3.8, 4) is 17.0 Å². The Morgan fingerprint density at radius 3 is 2.59 bits per heavy atom. The SMILES string of the molecule is Cc1cccc(-c2csc(N3CCC(C(=O)O)CC3)n2)c1OCc1ccc(C(=O)N2CCCC2)cc1N. The molecule has 0 unspecified atom stereocenters. The summed E-state index contributed by atoms with van der Waals surface area (Å²) in [5.74, 6) is -0.202. The standard InChI is InChI=1S/C28H32N4O4S/c1-18-5-4-6-22(24-17-37-28(30-24)32-13-9-19(10-14-32)27(34)35)25(18)36-16-21-8-7-20(15-23(21)29)26(33)31-11-2-3-12-31/h4-8,15,17,19H,2-3,9-14,16,29H2,1H3,(H,34,35). The van der Waals surface area contributed by atoms with Crippen LogP contribution in [0.15, 0.2) is 41.8 Å². The Morgan fingerprint density at radius 1 is 1.14 bits per heavy atom. The van der Waals surface area contributed by atoms with E-state index >= 15 is 0 Å². The van der Waals surface area contributed by atoms with Gasteiger partial charge in [-0.25, -0.2) is 4.98 Å². The zero-order valence-corrected chi connectivity index (χ0v) is 21.8. The average Bonchev–Trinajstić information content (AvgIpc) is 3.61. The second kappa shape index (κ2) is 10.8. The maximum Gasteiger partial charge on any atom is 0.306 e. The molecule has 0 bridgehead atoms. The number of rotatable bonds is 7. The van der Waals surface area contributed by atoms with Crippen molar-refractivity contribution < 1.29 is 19.4 Å². The molecule has 8 nitrogen and oxygen atoms in total. The first-order chi connectivity index (χ1) is 17.9. The molecule has 3 heterocycles. The van der Waals surface area contributed by atoms with Crippen LogP contribution < -0.4 is 15.4 Å². The zero-order valence-electron chi connectivity index (χ0n) is 21.0. The second-order valence-corrected chi connectivity index (χ2v) is 10.6. The van der Waals surface area contributed by atoms with Crippen molar-refractivity contribution >= 4 is 34.0 Å². The van der Waals surface area contributed by atoms with Gasteiger partial charge in [-0.1, -0.05) is 18.2 Å². The van der Waals surface area contributed by atoms with Gasteiger partial charge in [-0.2, -0.15) is 0 Å². The van der Waals surface area contributed by atoms with Gasteiger partial charge in [0.25, 0.3) is 5.91 Å². The Morgan fingerprint density at radius 2 is 1.89 bits per heavy atom. The molecule has 194 valence electrons. The number of likely N-dealkylation sites (tertiary alicyclic amines) is 1. The molecule has 37 heavy (non-hydrogen) atoms. The monoisotopic (exact) mass is 520 g/mol. The Hall–Kier alpha value is -3.59. The smallest absolute Gasteiger partial charge is 0.306 e. The molecule has 2 aliphatic rings. The molecular weight excluding hydrogens is 488 g/mol. The van der Waals surface area contributed by atoms with Crippen molar-refractivity contribution in [1.82, 2.24) is 9.88 Å². The van der Waals surface area contributed by atoms with Crippen molar-refractivity contribution in [3.63, 3.8) is 0 Å². The van der Waals surface area contributed by atoms with E-state index in [9.17, 15) is 14.7 Å². The number of nitrogens with two attached hydrogens (primary N) is 1. The van der Waals surface area contributed by atoms with Crippen molar-refractivity contribution in [2.45, 2.75) is 39.2 Å². The van der Waals surface area contributed by atoms with E-state index in [-0.39, 0.29) is 18.4 Å². The van der Waals surface area contributed by atoms with E-state index in [1.807, 2.05) is 47.5 Å². The van der Waals surface area contributed by atoms with E-state index in [1.165, 1.54) is 0 Å². The Labute approximate surface area is 220 Å². The third-order valence-electron chi connectivity index (χ3n) is 7.25. The van der Waals surface area contributed by atoms with Crippen molar-refractivity contribution in [1.29, 1.82) is 0 Å². The highest BCUT2D eigenvalue weighted by Gasteiger charge is 2.26. The number of anilines is 2. The van der Waals surface area contributed by atoms with E-state index < -0.39 is 5.97 Å². The number of aromatic nitrogens is 1. The van der Waals surface area contributed by atoms with Crippen LogP contribution >= 0.6 is 11.3 Å². The lowest BCUT2D eigenvalue weighted by molar-refractivity contribution is -0.142. The van der Waals surface area contributed by atoms with Crippen LogP contribution in [0.1, 0.15) is 47.2 Å². The maximum atomic E-state index is 12.7. The number of thiazole rings is 1. The van der Waals surface area contributed by atoms with E-state index in [2.05, 4.69) is 4.90 Å². The predicted octanol–water partition coefficient (Wildman–Crippen LogP) is 4.82. The summed E-state index contributed by atoms with van der Waals surface area (Å²) in [7, 11) is 0. The van der Waals surface area contributed by atoms with Gasteiger partial charge in [-0.15, -0.1) is 11.3 Å². The van der Waals surface area contributed by atoms with Crippen molar-refractivity contribution in [2.75, 3.05) is 36.8 Å². The first kappa shape index (κ1) is 25.1. The summed E-state index contributed by atoms with van der Waals surface area (Å²) in [4.78, 5) is 32.9. The van der Waals surface area contributed by atoms with Gasteiger partial charge in [0.05, 0.1) is 11.6 Å². The lowest BCUT2D eigenvalue weighted by atomic mass is 9.97. The third-order valence-corrected chi connectivity index (χ3v) is 8.15. The Bertz CT molecular complexity index is 1290. The molecule has 0 atom stereocenters. The van der Waals surface area contributed by atoms with E-state index in [0.717, 1.165) is 59.2 Å². The summed E-state index contributed by atoms with van der Waals surface area (Å²) in [5, 5.41) is 12.2. The van der Waals surface area contributed by atoms with Gasteiger partial charge < -0.3 is 25.4 Å². The summed E-state index contributed by atoms with van der Waals surface area (Å²) >= 11 is 1.56. The fourth-order valence-electron chi connectivity index (χ4n) is 5.01. The molecule has 5 rings (SSSR count). The lowest BCUT2D eigenvalue weighted by Gasteiger charge is -2.29. The van der Waals surface area contributed by atoms with Gasteiger partial charge in [-0.05, 0) is 56.4 Å². The van der Waals surface area contributed by atoms with Gasteiger partial charge >= 0.3 is 5.97 Å². The summed E-state index contributed by atoms with van der Waals surface area (Å²) < 4.78 is 6.29. The minimum Gasteiger partial charge on any atom is -0.488 e. The van der Waals surface area contributed by atoms with Crippen LogP contribution in [-0.2, 0) is 11.4 Å². The van der Waals surface area contributed by atoms with Crippen LogP contribution in [0, 0.1) is 12.8 Å². The molecule has 9 heteroatoms. The molecule has 2 saturated heterocycles. The molecule has 3 N–H and O–H groups in total. The highest BCUT2D eigenvalue weighted by molar-refractivity contribution is 7.14. The summed E-state index contributed by atoms with van der Waals surface area (Å²) in [6.07, 6.45) is 3.37. The molecule has 1 aromatic heterocycles. The quantitative estimate of drug-likeness (QED) is 0.430. The largest absolute Gasteiger partial charge is 0.488 e. The number of carboxylic acid groups (broad SMARTS) is 1. The zero-order chi connectivity index (χ0) is 25.9. The molecule has 3 aromatic rings. The van der Waals surface area contributed by atoms with Crippen LogP contribution in [0.25, 0.3) is 11.3 Å². The maximum absolute atomic E-state index is 12.7. The van der Waals surface area contributed by atoms with Gasteiger partial charge in [0.15, 0.2) is 5.13 Å². The normalized spacial score (nSPS) is 16.2. The highest BCUT2D eigenvalue weighted by atomic mass is 32.1. The number of nitrogens with zero attached hydrogens (tertiary/aromatic N) is 3. The molecular formula is C28H32N4O4S. The summed E-state index contributed by atoms with van der Waals surface area (Å²) in [6, 6.07) is 11.4. The van der Waals surface area contributed by atoms with Crippen LogP contribution in [0.5, 0.6) is 5.75 Å². The molecule has 2 fully saturated rings. The number of amides is 1. The van der Waals surface area contributed by atoms with Crippen LogP contribution in [0.3, 0.4) is 0 Å². The average molecular weight is 521 g/mol. The number of aliphatic carboxylic acids is 1. The van der Waals surface area contributed by atoms with E-state index in [0.29, 0.717) is 37.2 Å². The molecule has 0 saturated carbocycles. The number of nitrogen functional groups attached to an aromatic ring is 1. The number of hydrogen-bond donors (Lipinski definition) is 2. The second-order valence-electron chi connectivity index (χ2n) is 9.77. The number of carbonyl (C=O) groups excluding carboxylic acids is 1. The highest BCUT2D eigenvalue weighted by Crippen LogP contribution is 2.37. The topological polar surface area (TPSA) is 109 Å². The minimum absolute atomic E-state index is 0.0318. The lowest BCUT2D eigenvalue weighted by Crippen LogP contribution is -2.36. The number of para-hydroxylation sites is 1. The van der Waals surface area contributed by atoms with Crippen LogP contribution in [0.2, 0.25) is 0 Å². The Kier molecular flexibility index (Phi) is 7.32. The van der Waals surface area contributed by atoms with Gasteiger partial charge in [0.1, 0.15) is 12.4 Å². The van der Waals surface area contributed by atoms with Crippen LogP contribution in [-0.4, -0.2) is 53.0 Å². The molecule has 1 amide bonds. The minimum atomic E-state index is -0.713. The number of aryl methyl sites for hydroxylation is 1. The van der Waals surface area contributed by atoms with Gasteiger partial charge in [0, 0.05) is 53.9 Å². The summed E-state index contributed by atoms with van der Waals surface area (Å²) in [6.45, 7) is 5.27. The third kappa shape index (κ3) is 5.41. The van der Waals surface area contributed by atoms with Gasteiger partial charge in [0.2, 0.25) is 0 Å². The number of carbonyl (C=O) groups is 2. The molecule has 0 spiro atoms. The number of ether oxygens (including phenoxy) is 1. The van der Waals surface area contributed by atoms with Crippen molar-refractivity contribution in [2.24, 2.45) is 5.92 Å². The van der Waals surface area contributed by atoms with Gasteiger partial charge in [-0.3, -0.25) is 9.59 Å². The number of carboxylic acids is 1.